The maximum atomic E-state index is 11.4. The van der Waals surface area contributed by atoms with Crippen LogP contribution in [0.15, 0.2) is 0 Å². The van der Waals surface area contributed by atoms with Crippen LogP contribution in [0.2, 0.25) is 0 Å². The van der Waals surface area contributed by atoms with Crippen LogP contribution in [-0.2, 0) is 22.6 Å². The summed E-state index contributed by atoms with van der Waals surface area (Å²) in [5.41, 5.74) is 0. The number of aromatic nitrogens is 4. The number of nitrogens with zero attached hydrogens (tertiary/aromatic N) is 4. The van der Waals surface area contributed by atoms with Gasteiger partial charge >= 0.3 is 5.97 Å². The number of carboxylic acids is 1. The summed E-state index contributed by atoms with van der Waals surface area (Å²) >= 11 is 0. The van der Waals surface area contributed by atoms with Crippen molar-refractivity contribution in [2.24, 2.45) is 0 Å². The predicted molar refractivity (Wildman–Crippen MR) is 53.8 cm³/mol. The van der Waals surface area contributed by atoms with E-state index in [0.29, 0.717) is 0 Å². The van der Waals surface area contributed by atoms with Gasteiger partial charge in [-0.15, -0.1) is 5.10 Å². The topological polar surface area (TPSA) is 130 Å². The molecule has 1 heterocycles. The molecule has 0 aliphatic heterocycles. The number of carboxylic acid groups (broad SMARTS) is 1. The fourth-order valence-corrected chi connectivity index (χ4v) is 1.12. The number of carbonyl (C=O) groups is 2. The summed E-state index contributed by atoms with van der Waals surface area (Å²) in [6, 6.07) is -0.968. The number of aliphatic hydroxyl groups is 1. The molecule has 0 saturated carbocycles. The molecule has 0 radical (unpaired) electrons. The highest BCUT2D eigenvalue weighted by atomic mass is 16.4. The molecule has 1 aromatic rings. The van der Waals surface area contributed by atoms with Crippen molar-refractivity contribution in [2.75, 3.05) is 6.61 Å². The van der Waals surface area contributed by atoms with Crippen LogP contribution in [0.3, 0.4) is 0 Å². The van der Waals surface area contributed by atoms with E-state index in [9.17, 15) is 9.59 Å². The van der Waals surface area contributed by atoms with Crippen molar-refractivity contribution in [3.05, 3.63) is 5.82 Å². The van der Waals surface area contributed by atoms with Gasteiger partial charge in [0.15, 0.2) is 5.82 Å². The molecule has 94 valence electrons. The average Bonchev–Trinajstić information content (AvgIpc) is 2.66. The summed E-state index contributed by atoms with van der Waals surface area (Å²) in [4.78, 5) is 21.9. The number of hydrogen-bond acceptors (Lipinski definition) is 6. The Kier molecular flexibility index (Phi) is 4.52. The number of rotatable bonds is 6. The first kappa shape index (κ1) is 13.0. The van der Waals surface area contributed by atoms with Gasteiger partial charge in [0.2, 0.25) is 5.91 Å². The smallest absolute Gasteiger partial charge is 0.325 e. The summed E-state index contributed by atoms with van der Waals surface area (Å²) in [5, 5.41) is 30.1. The molecule has 9 heteroatoms. The Bertz CT molecular complexity index is 404. The summed E-state index contributed by atoms with van der Waals surface area (Å²) in [6.07, 6.45) is -0.134. The van der Waals surface area contributed by atoms with Crippen molar-refractivity contribution in [2.45, 2.75) is 25.9 Å². The lowest BCUT2D eigenvalue weighted by Gasteiger charge is -2.08. The van der Waals surface area contributed by atoms with E-state index >= 15 is 0 Å². The van der Waals surface area contributed by atoms with Crippen LogP contribution in [0, 0.1) is 0 Å². The van der Waals surface area contributed by atoms with E-state index < -0.39 is 17.9 Å². The Morgan fingerprint density at radius 2 is 2.24 bits per heavy atom. The Morgan fingerprint density at radius 3 is 2.82 bits per heavy atom. The normalized spacial score (nSPS) is 12.1. The van der Waals surface area contributed by atoms with Gasteiger partial charge in [0.05, 0.1) is 19.6 Å². The average molecular weight is 243 g/mol. The zero-order valence-electron chi connectivity index (χ0n) is 9.20. The van der Waals surface area contributed by atoms with Crippen LogP contribution in [0.25, 0.3) is 0 Å². The van der Waals surface area contributed by atoms with E-state index in [1.807, 2.05) is 0 Å². The molecule has 1 aromatic heterocycles. The number of tetrazole rings is 1. The quantitative estimate of drug-likeness (QED) is 0.516. The molecule has 17 heavy (non-hydrogen) atoms. The van der Waals surface area contributed by atoms with E-state index in [2.05, 4.69) is 20.8 Å². The third kappa shape index (κ3) is 3.79. The molecule has 0 fully saturated rings. The number of nitrogens with one attached hydrogen (secondary N) is 1. The second-order valence-corrected chi connectivity index (χ2v) is 3.35. The Labute approximate surface area is 96.4 Å². The van der Waals surface area contributed by atoms with E-state index in [4.69, 9.17) is 10.2 Å². The molecule has 0 spiro atoms. The zero-order chi connectivity index (χ0) is 12.8. The highest BCUT2D eigenvalue weighted by Crippen LogP contribution is 1.94. The second kappa shape index (κ2) is 5.89. The molecular weight excluding hydrogens is 230 g/mol. The first-order valence-corrected chi connectivity index (χ1v) is 4.92. The number of carbonyl (C=O) groups excluding carboxylic acids is 1. The van der Waals surface area contributed by atoms with Crippen molar-refractivity contribution in [1.82, 2.24) is 25.5 Å². The molecule has 1 atom stereocenters. The third-order valence-electron chi connectivity index (χ3n) is 1.98. The minimum atomic E-state index is -1.12. The fourth-order valence-electron chi connectivity index (χ4n) is 1.12. The summed E-state index contributed by atoms with van der Waals surface area (Å²) < 4.78 is 1.28. The van der Waals surface area contributed by atoms with Gasteiger partial charge in [-0.2, -0.15) is 0 Å². The molecular formula is C8H13N5O4. The van der Waals surface area contributed by atoms with Crippen molar-refractivity contribution in [3.8, 4) is 0 Å². The maximum Gasteiger partial charge on any atom is 0.325 e. The lowest BCUT2D eigenvalue weighted by atomic mass is 10.3. The summed E-state index contributed by atoms with van der Waals surface area (Å²) in [7, 11) is 0. The highest BCUT2D eigenvalue weighted by molar-refractivity contribution is 5.84. The SMILES string of the molecule is CC(NC(=O)Cc1nnnn1CCO)C(=O)O. The van der Waals surface area contributed by atoms with Gasteiger partial charge < -0.3 is 15.5 Å². The lowest BCUT2D eigenvalue weighted by molar-refractivity contribution is -0.141. The van der Waals surface area contributed by atoms with E-state index in [1.165, 1.54) is 11.6 Å². The first-order chi connectivity index (χ1) is 8.04. The van der Waals surface area contributed by atoms with Gasteiger partial charge in [-0.25, -0.2) is 4.68 Å². The number of amides is 1. The molecule has 9 nitrogen and oxygen atoms in total. The number of aliphatic carboxylic acids is 1. The van der Waals surface area contributed by atoms with E-state index in [-0.39, 0.29) is 25.4 Å². The molecule has 1 unspecified atom stereocenters. The minimum absolute atomic E-state index is 0.134. The van der Waals surface area contributed by atoms with Crippen molar-refractivity contribution < 1.29 is 19.8 Å². The Hall–Kier alpha value is -2.03. The highest BCUT2D eigenvalue weighted by Gasteiger charge is 2.16. The van der Waals surface area contributed by atoms with Crippen LogP contribution in [0.5, 0.6) is 0 Å². The number of hydrogen-bond donors (Lipinski definition) is 3. The maximum absolute atomic E-state index is 11.4. The van der Waals surface area contributed by atoms with Gasteiger partial charge in [0.25, 0.3) is 0 Å². The first-order valence-electron chi connectivity index (χ1n) is 4.92. The molecule has 0 aliphatic carbocycles. The van der Waals surface area contributed by atoms with Crippen LogP contribution < -0.4 is 5.32 Å². The summed E-state index contributed by atoms with van der Waals surface area (Å²) in [5.74, 6) is -1.34. The standard InChI is InChI=1S/C8H13N5O4/c1-5(8(16)17)9-7(15)4-6-10-11-12-13(6)2-3-14/h5,14H,2-4H2,1H3,(H,9,15)(H,16,17). The van der Waals surface area contributed by atoms with Gasteiger partial charge in [0.1, 0.15) is 6.04 Å². The summed E-state index contributed by atoms with van der Waals surface area (Å²) in [6.45, 7) is 1.40. The zero-order valence-corrected chi connectivity index (χ0v) is 9.20. The molecule has 0 aromatic carbocycles. The lowest BCUT2D eigenvalue weighted by Crippen LogP contribution is -2.39. The molecule has 0 saturated heterocycles. The Balaban J connectivity index is 2.55. The molecule has 0 bridgehead atoms. The van der Waals surface area contributed by atoms with Gasteiger partial charge in [0, 0.05) is 0 Å². The van der Waals surface area contributed by atoms with E-state index in [1.54, 1.807) is 0 Å². The van der Waals surface area contributed by atoms with Crippen LogP contribution in [0.4, 0.5) is 0 Å². The fraction of sp³-hybridized carbons (Fsp3) is 0.625. The van der Waals surface area contributed by atoms with Gasteiger partial charge in [-0.1, -0.05) is 0 Å². The second-order valence-electron chi connectivity index (χ2n) is 3.35. The molecule has 1 amide bonds. The van der Waals surface area contributed by atoms with Gasteiger partial charge in [-0.05, 0) is 17.4 Å². The van der Waals surface area contributed by atoms with Gasteiger partial charge in [-0.3, -0.25) is 9.59 Å². The van der Waals surface area contributed by atoms with Crippen molar-refractivity contribution >= 4 is 11.9 Å². The monoisotopic (exact) mass is 243 g/mol. The Morgan fingerprint density at radius 1 is 1.53 bits per heavy atom. The van der Waals surface area contributed by atoms with Crippen LogP contribution in [-0.4, -0.2) is 54.9 Å². The van der Waals surface area contributed by atoms with E-state index in [0.717, 1.165) is 0 Å². The molecule has 3 N–H and O–H groups in total. The van der Waals surface area contributed by atoms with Crippen molar-refractivity contribution in [3.63, 3.8) is 0 Å². The van der Waals surface area contributed by atoms with Crippen molar-refractivity contribution in [1.29, 1.82) is 0 Å². The number of aliphatic hydroxyl groups excluding tert-OH is 1. The largest absolute Gasteiger partial charge is 0.480 e. The third-order valence-corrected chi connectivity index (χ3v) is 1.98. The predicted octanol–water partition coefficient (Wildman–Crippen LogP) is -2.20. The molecule has 1 rings (SSSR count). The minimum Gasteiger partial charge on any atom is -0.480 e. The molecule has 0 aliphatic rings. The van der Waals surface area contributed by atoms with Crippen LogP contribution in [0.1, 0.15) is 12.7 Å². The van der Waals surface area contributed by atoms with Crippen LogP contribution >= 0.6 is 0 Å².